The lowest BCUT2D eigenvalue weighted by Crippen LogP contribution is -2.21. The van der Waals surface area contributed by atoms with Crippen molar-refractivity contribution < 1.29 is 4.79 Å². The van der Waals surface area contributed by atoms with Crippen LogP contribution >= 0.6 is 0 Å². The zero-order chi connectivity index (χ0) is 20.0. The van der Waals surface area contributed by atoms with Crippen LogP contribution in [0, 0.1) is 0 Å². The summed E-state index contributed by atoms with van der Waals surface area (Å²) < 4.78 is 0. The van der Waals surface area contributed by atoms with Crippen LogP contribution in [-0.2, 0) is 0 Å². The minimum atomic E-state index is -0.127. The summed E-state index contributed by atoms with van der Waals surface area (Å²) in [7, 11) is 4.06. The first-order valence-electron chi connectivity index (χ1n) is 9.58. The van der Waals surface area contributed by atoms with E-state index in [2.05, 4.69) is 66.4 Å². The highest BCUT2D eigenvalue weighted by molar-refractivity contribution is 6.05. The molecule has 0 saturated heterocycles. The second-order valence-electron chi connectivity index (χ2n) is 7.74. The second kappa shape index (κ2) is 9.51. The summed E-state index contributed by atoms with van der Waals surface area (Å²) in [6.07, 6.45) is 1.63. The Labute approximate surface area is 163 Å². The molecule has 0 atom stereocenters. The molecule has 2 N–H and O–H groups in total. The highest BCUT2D eigenvalue weighted by atomic mass is 16.1. The number of carbonyl (C=O) groups excluding carboxylic acids is 1. The van der Waals surface area contributed by atoms with E-state index in [9.17, 15) is 4.79 Å². The summed E-state index contributed by atoms with van der Waals surface area (Å²) >= 11 is 0. The van der Waals surface area contributed by atoms with Gasteiger partial charge in [-0.1, -0.05) is 45.9 Å². The summed E-state index contributed by atoms with van der Waals surface area (Å²) in [5.41, 5.74) is 3.80. The predicted octanol–water partition coefficient (Wildman–Crippen LogP) is 4.55. The number of nitrogens with zero attached hydrogens (tertiary/aromatic N) is 2. The number of hydrogen-bond donors (Lipinski definition) is 2. The maximum Gasteiger partial charge on any atom is 0.257 e. The molecule has 0 fully saturated rings. The van der Waals surface area contributed by atoms with Crippen LogP contribution in [0.2, 0.25) is 0 Å². The van der Waals surface area contributed by atoms with E-state index < -0.39 is 0 Å². The Kier molecular flexibility index (Phi) is 7.36. The quantitative estimate of drug-likeness (QED) is 0.717. The maximum absolute atomic E-state index is 12.8. The number of likely N-dealkylation sites (N-methyl/N-ethyl adjacent to an activating group) is 1. The Morgan fingerprint density at radius 3 is 2.15 bits per heavy atom. The Balaban J connectivity index is 2.15. The minimum Gasteiger partial charge on any atom is -0.369 e. The summed E-state index contributed by atoms with van der Waals surface area (Å²) in [5.74, 6) is 1.32. The molecule has 0 unspecified atom stereocenters. The smallest absolute Gasteiger partial charge is 0.257 e. The SMILES string of the molecule is CC(C)c1cccc(C(C)C)c1NC(=O)c1ccc(NCCN(C)C)nc1. The number of nitrogens with one attached hydrogen (secondary N) is 2. The van der Waals surface area contributed by atoms with Gasteiger partial charge in [0.2, 0.25) is 0 Å². The van der Waals surface area contributed by atoms with Crippen molar-refractivity contribution in [2.24, 2.45) is 0 Å². The second-order valence-corrected chi connectivity index (χ2v) is 7.74. The lowest BCUT2D eigenvalue weighted by atomic mass is 9.92. The molecule has 0 radical (unpaired) electrons. The van der Waals surface area contributed by atoms with Crippen LogP contribution in [0.5, 0.6) is 0 Å². The number of hydrogen-bond acceptors (Lipinski definition) is 4. The molecule has 2 aromatic rings. The van der Waals surface area contributed by atoms with Gasteiger partial charge in [0.15, 0.2) is 0 Å². The van der Waals surface area contributed by atoms with Crippen molar-refractivity contribution in [3.8, 4) is 0 Å². The summed E-state index contributed by atoms with van der Waals surface area (Å²) in [5, 5.41) is 6.39. The Hall–Kier alpha value is -2.40. The Morgan fingerprint density at radius 2 is 1.67 bits per heavy atom. The van der Waals surface area contributed by atoms with Gasteiger partial charge in [0.1, 0.15) is 5.82 Å². The molecule has 5 nitrogen and oxygen atoms in total. The molecule has 1 aromatic heterocycles. The average Bonchev–Trinajstić information content (AvgIpc) is 2.61. The van der Waals surface area contributed by atoms with Crippen molar-refractivity contribution in [3.05, 3.63) is 53.2 Å². The molecule has 5 heteroatoms. The van der Waals surface area contributed by atoms with Crippen LogP contribution in [0.15, 0.2) is 36.5 Å². The molecule has 0 bridgehead atoms. The molecule has 146 valence electrons. The number of aromatic nitrogens is 1. The molecule has 1 amide bonds. The number of rotatable bonds is 8. The Morgan fingerprint density at radius 1 is 1.04 bits per heavy atom. The van der Waals surface area contributed by atoms with Gasteiger partial charge >= 0.3 is 0 Å². The Bertz CT molecular complexity index is 725. The van der Waals surface area contributed by atoms with Crippen LogP contribution in [0.4, 0.5) is 11.5 Å². The van der Waals surface area contributed by atoms with Crippen LogP contribution in [0.25, 0.3) is 0 Å². The third-order valence-electron chi connectivity index (χ3n) is 4.50. The topological polar surface area (TPSA) is 57.3 Å². The van der Waals surface area contributed by atoms with Crippen molar-refractivity contribution in [3.63, 3.8) is 0 Å². The fourth-order valence-corrected chi connectivity index (χ4v) is 2.92. The first-order chi connectivity index (χ1) is 12.8. The van der Waals surface area contributed by atoms with Crippen LogP contribution in [-0.4, -0.2) is 43.0 Å². The van der Waals surface area contributed by atoms with Gasteiger partial charge in [-0.3, -0.25) is 4.79 Å². The predicted molar refractivity (Wildman–Crippen MR) is 114 cm³/mol. The van der Waals surface area contributed by atoms with E-state index in [0.717, 1.165) is 35.7 Å². The summed E-state index contributed by atoms with van der Waals surface area (Å²) in [4.78, 5) is 19.3. The van der Waals surface area contributed by atoms with Gasteiger partial charge in [-0.25, -0.2) is 4.98 Å². The lowest BCUT2D eigenvalue weighted by molar-refractivity contribution is 0.102. The molecule has 27 heavy (non-hydrogen) atoms. The van der Waals surface area contributed by atoms with Crippen molar-refractivity contribution in [1.29, 1.82) is 0 Å². The van der Waals surface area contributed by atoms with Crippen LogP contribution in [0.1, 0.15) is 61.0 Å². The van der Waals surface area contributed by atoms with E-state index in [-0.39, 0.29) is 5.91 Å². The van der Waals surface area contributed by atoms with E-state index in [1.54, 1.807) is 6.20 Å². The van der Waals surface area contributed by atoms with Crippen LogP contribution in [0.3, 0.4) is 0 Å². The normalized spacial score (nSPS) is 11.3. The lowest BCUT2D eigenvalue weighted by Gasteiger charge is -2.20. The average molecular weight is 369 g/mol. The number of carbonyl (C=O) groups is 1. The van der Waals surface area contributed by atoms with E-state index in [4.69, 9.17) is 0 Å². The van der Waals surface area contributed by atoms with E-state index in [1.807, 2.05) is 26.2 Å². The largest absolute Gasteiger partial charge is 0.369 e. The zero-order valence-corrected chi connectivity index (χ0v) is 17.3. The van der Waals surface area contributed by atoms with Gasteiger partial charge < -0.3 is 15.5 Å². The number of benzene rings is 1. The van der Waals surface area contributed by atoms with E-state index >= 15 is 0 Å². The first kappa shape index (κ1) is 20.9. The first-order valence-corrected chi connectivity index (χ1v) is 9.58. The molecule has 0 saturated carbocycles. The van der Waals surface area contributed by atoms with Crippen molar-refractivity contribution >= 4 is 17.4 Å². The molecule has 1 heterocycles. The van der Waals surface area contributed by atoms with Gasteiger partial charge in [0.05, 0.1) is 5.56 Å². The zero-order valence-electron chi connectivity index (χ0n) is 17.3. The van der Waals surface area contributed by atoms with Gasteiger partial charge in [-0.15, -0.1) is 0 Å². The standard InChI is InChI=1S/C22H32N4O/c1-15(2)18-8-7-9-19(16(3)4)21(18)25-22(27)17-10-11-20(24-14-17)23-12-13-26(5)6/h7-11,14-16H,12-13H2,1-6H3,(H,23,24)(H,25,27). The number of para-hydroxylation sites is 1. The van der Waals surface area contributed by atoms with Crippen molar-refractivity contribution in [2.45, 2.75) is 39.5 Å². The summed E-state index contributed by atoms with van der Waals surface area (Å²) in [6, 6.07) is 9.90. The highest BCUT2D eigenvalue weighted by Crippen LogP contribution is 2.32. The molecule has 0 aliphatic rings. The van der Waals surface area contributed by atoms with Crippen molar-refractivity contribution in [2.75, 3.05) is 37.8 Å². The number of pyridine rings is 1. The fourth-order valence-electron chi connectivity index (χ4n) is 2.92. The summed E-state index contributed by atoms with van der Waals surface area (Å²) in [6.45, 7) is 10.3. The van der Waals surface area contributed by atoms with Gasteiger partial charge in [0, 0.05) is 25.0 Å². The van der Waals surface area contributed by atoms with Gasteiger partial charge in [0.25, 0.3) is 5.91 Å². The molecule has 0 aliphatic heterocycles. The number of amides is 1. The molecular formula is C22H32N4O. The number of anilines is 2. The fraction of sp³-hybridized carbons (Fsp3) is 0.455. The third kappa shape index (κ3) is 5.79. The molecule has 0 spiro atoms. The van der Waals surface area contributed by atoms with E-state index in [0.29, 0.717) is 17.4 Å². The van der Waals surface area contributed by atoms with Crippen molar-refractivity contribution in [1.82, 2.24) is 9.88 Å². The van der Waals surface area contributed by atoms with Gasteiger partial charge in [-0.05, 0) is 49.2 Å². The monoisotopic (exact) mass is 368 g/mol. The van der Waals surface area contributed by atoms with E-state index in [1.165, 1.54) is 0 Å². The third-order valence-corrected chi connectivity index (χ3v) is 4.50. The molecule has 1 aromatic carbocycles. The molecule has 0 aliphatic carbocycles. The van der Waals surface area contributed by atoms with Crippen LogP contribution < -0.4 is 10.6 Å². The van der Waals surface area contributed by atoms with Gasteiger partial charge in [-0.2, -0.15) is 0 Å². The maximum atomic E-state index is 12.8. The molecule has 2 rings (SSSR count). The highest BCUT2D eigenvalue weighted by Gasteiger charge is 2.17. The minimum absolute atomic E-state index is 0.127. The molecular weight excluding hydrogens is 336 g/mol.